The van der Waals surface area contributed by atoms with Gasteiger partial charge in [-0.15, -0.1) is 11.3 Å². The lowest BCUT2D eigenvalue weighted by Gasteiger charge is -2.10. The van der Waals surface area contributed by atoms with Crippen LogP contribution in [0.5, 0.6) is 5.75 Å². The van der Waals surface area contributed by atoms with Gasteiger partial charge in [0.05, 0.1) is 22.6 Å². The van der Waals surface area contributed by atoms with Crippen molar-refractivity contribution in [1.29, 1.82) is 0 Å². The van der Waals surface area contributed by atoms with Crippen molar-refractivity contribution < 1.29 is 9.53 Å². The number of fused-ring (bicyclic) bond motifs is 1. The second-order valence-corrected chi connectivity index (χ2v) is 7.89. The van der Waals surface area contributed by atoms with E-state index in [0.29, 0.717) is 6.54 Å². The zero-order valence-electron chi connectivity index (χ0n) is 13.5. The van der Waals surface area contributed by atoms with E-state index < -0.39 is 0 Å². The van der Waals surface area contributed by atoms with Crippen LogP contribution < -0.4 is 10.1 Å². The van der Waals surface area contributed by atoms with Crippen LogP contribution in [-0.4, -0.2) is 23.3 Å². The second-order valence-electron chi connectivity index (χ2n) is 5.27. The summed E-state index contributed by atoms with van der Waals surface area (Å²) in [6, 6.07) is 15.7. The van der Waals surface area contributed by atoms with Crippen molar-refractivity contribution in [2.45, 2.75) is 23.1 Å². The molecular weight excluding hydrogens is 340 g/mol. The Morgan fingerprint density at radius 2 is 2.00 bits per heavy atom. The minimum Gasteiger partial charge on any atom is -0.497 e. The summed E-state index contributed by atoms with van der Waals surface area (Å²) in [4.78, 5) is 16.8. The lowest BCUT2D eigenvalue weighted by Crippen LogP contribution is -2.30. The van der Waals surface area contributed by atoms with Gasteiger partial charge in [-0.1, -0.05) is 36.0 Å². The number of aromatic nitrogens is 1. The predicted molar refractivity (Wildman–Crippen MR) is 99.8 cm³/mol. The van der Waals surface area contributed by atoms with Crippen molar-refractivity contribution in [3.8, 4) is 5.75 Å². The molecule has 0 aliphatic heterocycles. The molecule has 0 saturated carbocycles. The molecule has 0 fully saturated rings. The Balaban J connectivity index is 1.55. The Kier molecular flexibility index (Phi) is 5.37. The van der Waals surface area contributed by atoms with Crippen LogP contribution in [-0.2, 0) is 11.3 Å². The molecule has 1 heterocycles. The van der Waals surface area contributed by atoms with Gasteiger partial charge in [0.25, 0.3) is 0 Å². The van der Waals surface area contributed by atoms with Gasteiger partial charge in [-0.05, 0) is 36.8 Å². The Hall–Kier alpha value is -2.05. The van der Waals surface area contributed by atoms with Gasteiger partial charge in [0.2, 0.25) is 5.91 Å². The number of hydrogen-bond acceptors (Lipinski definition) is 5. The number of nitrogens with one attached hydrogen (secondary N) is 1. The Bertz CT molecular complexity index is 797. The molecule has 0 radical (unpaired) electrons. The molecular formula is C18H18N2O2S2. The van der Waals surface area contributed by atoms with Crippen molar-refractivity contribution in [2.75, 3.05) is 7.11 Å². The summed E-state index contributed by atoms with van der Waals surface area (Å²) in [5.41, 5.74) is 2.03. The number of hydrogen-bond donors (Lipinski definition) is 1. The molecule has 0 spiro atoms. The van der Waals surface area contributed by atoms with E-state index in [2.05, 4.69) is 10.3 Å². The first-order chi connectivity index (χ1) is 11.7. The number of thiazole rings is 1. The van der Waals surface area contributed by atoms with Gasteiger partial charge in [0.15, 0.2) is 4.34 Å². The molecule has 6 heteroatoms. The van der Waals surface area contributed by atoms with Crippen molar-refractivity contribution in [2.24, 2.45) is 0 Å². The highest BCUT2D eigenvalue weighted by molar-refractivity contribution is 8.02. The van der Waals surface area contributed by atoms with Crippen LogP contribution in [0.15, 0.2) is 52.9 Å². The highest BCUT2D eigenvalue weighted by Crippen LogP contribution is 2.31. The minimum absolute atomic E-state index is 0.00933. The summed E-state index contributed by atoms with van der Waals surface area (Å²) in [5.74, 6) is 0.819. The van der Waals surface area contributed by atoms with Crippen LogP contribution in [0.3, 0.4) is 0 Å². The van der Waals surface area contributed by atoms with E-state index >= 15 is 0 Å². The monoisotopic (exact) mass is 358 g/mol. The Labute approximate surface area is 149 Å². The Morgan fingerprint density at radius 3 is 2.71 bits per heavy atom. The van der Waals surface area contributed by atoms with E-state index in [0.717, 1.165) is 25.9 Å². The number of nitrogens with zero attached hydrogens (tertiary/aromatic N) is 1. The van der Waals surface area contributed by atoms with Gasteiger partial charge in [0, 0.05) is 6.54 Å². The highest BCUT2D eigenvalue weighted by atomic mass is 32.2. The van der Waals surface area contributed by atoms with E-state index in [1.807, 2.05) is 55.5 Å². The van der Waals surface area contributed by atoms with Crippen LogP contribution in [0.1, 0.15) is 12.5 Å². The summed E-state index contributed by atoms with van der Waals surface area (Å²) >= 11 is 3.11. The van der Waals surface area contributed by atoms with Crippen LogP contribution in [0, 0.1) is 0 Å². The number of carbonyl (C=O) groups excluding carboxylic acids is 1. The first-order valence-corrected chi connectivity index (χ1v) is 9.28. The molecule has 0 unspecified atom stereocenters. The molecule has 1 aromatic heterocycles. The molecule has 3 aromatic rings. The molecule has 1 atom stereocenters. The largest absolute Gasteiger partial charge is 0.497 e. The average molecular weight is 358 g/mol. The number of ether oxygens (including phenoxy) is 1. The fourth-order valence-electron chi connectivity index (χ4n) is 2.18. The third-order valence-electron chi connectivity index (χ3n) is 3.55. The third-order valence-corrected chi connectivity index (χ3v) is 5.78. The normalized spacial score (nSPS) is 12.1. The van der Waals surface area contributed by atoms with Gasteiger partial charge < -0.3 is 10.1 Å². The maximum Gasteiger partial charge on any atom is 0.233 e. The number of thioether (sulfide) groups is 1. The number of amides is 1. The van der Waals surface area contributed by atoms with Crippen molar-refractivity contribution in [1.82, 2.24) is 10.3 Å². The fourth-order valence-corrected chi connectivity index (χ4v) is 4.42. The molecule has 0 aliphatic rings. The molecule has 4 nitrogen and oxygen atoms in total. The zero-order chi connectivity index (χ0) is 16.9. The molecule has 124 valence electrons. The van der Waals surface area contributed by atoms with E-state index in [4.69, 9.17) is 4.74 Å². The average Bonchev–Trinajstić information content (AvgIpc) is 3.02. The number of benzene rings is 2. The lowest BCUT2D eigenvalue weighted by atomic mass is 10.2. The summed E-state index contributed by atoms with van der Waals surface area (Å²) < 4.78 is 7.19. The van der Waals surface area contributed by atoms with Crippen LogP contribution in [0.4, 0.5) is 0 Å². The first kappa shape index (κ1) is 16.8. The van der Waals surface area contributed by atoms with E-state index in [1.165, 1.54) is 11.8 Å². The van der Waals surface area contributed by atoms with Crippen LogP contribution in [0.25, 0.3) is 10.2 Å². The topological polar surface area (TPSA) is 51.2 Å². The number of carbonyl (C=O) groups is 1. The molecule has 0 aliphatic carbocycles. The van der Waals surface area contributed by atoms with Gasteiger partial charge >= 0.3 is 0 Å². The van der Waals surface area contributed by atoms with Crippen LogP contribution >= 0.6 is 23.1 Å². The second kappa shape index (κ2) is 7.68. The smallest absolute Gasteiger partial charge is 0.233 e. The quantitative estimate of drug-likeness (QED) is 0.674. The van der Waals surface area contributed by atoms with Gasteiger partial charge in [-0.2, -0.15) is 0 Å². The molecule has 0 bridgehead atoms. The van der Waals surface area contributed by atoms with Crippen molar-refractivity contribution in [3.05, 3.63) is 54.1 Å². The molecule has 3 rings (SSSR count). The number of rotatable bonds is 6. The fraction of sp³-hybridized carbons (Fsp3) is 0.222. The maximum absolute atomic E-state index is 12.3. The SMILES string of the molecule is COc1ccc(CNC(=O)[C@H](C)Sc2nc3ccccc3s2)cc1. The molecule has 1 amide bonds. The minimum atomic E-state index is -0.191. The summed E-state index contributed by atoms with van der Waals surface area (Å²) in [6.45, 7) is 2.41. The van der Waals surface area contributed by atoms with E-state index in [-0.39, 0.29) is 11.2 Å². The maximum atomic E-state index is 12.3. The van der Waals surface area contributed by atoms with Crippen molar-refractivity contribution in [3.63, 3.8) is 0 Å². The molecule has 1 N–H and O–H groups in total. The van der Waals surface area contributed by atoms with E-state index in [1.54, 1.807) is 18.4 Å². The van der Waals surface area contributed by atoms with Gasteiger partial charge in [-0.3, -0.25) is 4.79 Å². The number of methoxy groups -OCH3 is 1. The van der Waals surface area contributed by atoms with Gasteiger partial charge in [0.1, 0.15) is 5.75 Å². The number of para-hydroxylation sites is 1. The molecule has 24 heavy (non-hydrogen) atoms. The highest BCUT2D eigenvalue weighted by Gasteiger charge is 2.16. The van der Waals surface area contributed by atoms with Crippen molar-refractivity contribution >= 4 is 39.2 Å². The molecule has 0 saturated heterocycles. The lowest BCUT2D eigenvalue weighted by molar-refractivity contribution is -0.120. The summed E-state index contributed by atoms with van der Waals surface area (Å²) in [7, 11) is 1.64. The zero-order valence-corrected chi connectivity index (χ0v) is 15.1. The summed E-state index contributed by atoms with van der Waals surface area (Å²) in [6.07, 6.45) is 0. The predicted octanol–water partition coefficient (Wildman–Crippen LogP) is 4.10. The first-order valence-electron chi connectivity index (χ1n) is 7.58. The third kappa shape index (κ3) is 4.07. The summed E-state index contributed by atoms with van der Waals surface area (Å²) in [5, 5.41) is 2.78. The van der Waals surface area contributed by atoms with E-state index in [9.17, 15) is 4.79 Å². The standard InChI is InChI=1S/C18H18N2O2S2/c1-12(23-18-20-15-5-3-4-6-16(15)24-18)17(21)19-11-13-7-9-14(22-2)10-8-13/h3-10,12H,11H2,1-2H3,(H,19,21)/t12-/m0/s1. The molecule has 2 aromatic carbocycles. The Morgan fingerprint density at radius 1 is 1.25 bits per heavy atom. The van der Waals surface area contributed by atoms with Gasteiger partial charge in [-0.25, -0.2) is 4.98 Å². The van der Waals surface area contributed by atoms with Crippen LogP contribution in [0.2, 0.25) is 0 Å².